The predicted octanol–water partition coefficient (Wildman–Crippen LogP) is 0.508. The summed E-state index contributed by atoms with van der Waals surface area (Å²) >= 11 is 0. The monoisotopic (exact) mass is 142 g/mol. The summed E-state index contributed by atoms with van der Waals surface area (Å²) in [5.41, 5.74) is 0. The van der Waals surface area contributed by atoms with E-state index in [1.54, 1.807) is 0 Å². The van der Waals surface area contributed by atoms with E-state index in [-0.39, 0.29) is 0 Å². The van der Waals surface area contributed by atoms with Crippen molar-refractivity contribution in [3.05, 3.63) is 0 Å². The van der Waals surface area contributed by atoms with E-state index in [9.17, 15) is 5.11 Å². The highest BCUT2D eigenvalue weighted by atomic mass is 16.3. The van der Waals surface area contributed by atoms with Crippen LogP contribution in [0.3, 0.4) is 0 Å². The Bertz CT molecular complexity index is 426. The number of rotatable bonds is 0. The second-order valence-corrected chi connectivity index (χ2v) is 1.47. The van der Waals surface area contributed by atoms with Gasteiger partial charge in [-0.15, -0.1) is 0 Å². The Morgan fingerprint density at radius 3 is 2.67 bits per heavy atom. The van der Waals surface area contributed by atoms with Crippen molar-refractivity contribution in [1.29, 1.82) is 0 Å². The van der Waals surface area contributed by atoms with Gasteiger partial charge in [-0.25, -0.2) is 0 Å². The van der Waals surface area contributed by atoms with Crippen molar-refractivity contribution in [3.8, 4) is 0 Å². The van der Waals surface area contributed by atoms with Crippen molar-refractivity contribution >= 4 is 0 Å². The summed E-state index contributed by atoms with van der Waals surface area (Å²) in [5, 5.41) is 11.4. The maximum atomic E-state index is 9.96. The lowest BCUT2D eigenvalue weighted by Crippen LogP contribution is -2.44. The van der Waals surface area contributed by atoms with E-state index in [0.29, 0.717) is 0 Å². The van der Waals surface area contributed by atoms with Gasteiger partial charge < -0.3 is 10.4 Å². The second-order valence-electron chi connectivity index (χ2n) is 1.47. The first-order valence-corrected chi connectivity index (χ1v) is 2.22. The van der Waals surface area contributed by atoms with Crippen molar-refractivity contribution < 1.29 is 22.9 Å². The Morgan fingerprint density at radius 2 is 2.22 bits per heavy atom. The van der Waals surface area contributed by atoms with Crippen LogP contribution in [-0.4, -0.2) is 23.2 Å². The number of hydrogen-bond acceptors (Lipinski definition) is 2. The third kappa shape index (κ3) is 1.95. The number of nitrogens with one attached hydrogen (secondary N) is 1. The van der Waals surface area contributed by atoms with Crippen LogP contribution in [0.5, 0.6) is 0 Å². The first kappa shape index (κ1) is 1.16. The van der Waals surface area contributed by atoms with Crippen LogP contribution < -0.4 is 5.32 Å². The highest BCUT2D eigenvalue weighted by molar-refractivity contribution is 4.79. The molecule has 1 heterocycles. The summed E-state index contributed by atoms with van der Waals surface area (Å²) in [6.07, 6.45) is -11.5. The van der Waals surface area contributed by atoms with Crippen molar-refractivity contribution in [2.45, 2.75) is 44.6 Å². The summed E-state index contributed by atoms with van der Waals surface area (Å²) < 4.78 is 96.8. The molecular formula is C7H15NO. The number of piperidine rings is 1. The maximum absolute atomic E-state index is 9.96. The first-order chi connectivity index (χ1) is 9.21. The topological polar surface area (TPSA) is 32.3 Å². The Morgan fingerprint density at radius 1 is 1.67 bits per heavy atom. The van der Waals surface area contributed by atoms with Gasteiger partial charge in [-0.3, -0.25) is 0 Å². The number of aliphatic hydroxyl groups is 1. The molecule has 1 aliphatic heterocycles. The van der Waals surface area contributed by atoms with Gasteiger partial charge in [0.1, 0.15) is 0 Å². The van der Waals surface area contributed by atoms with Gasteiger partial charge in [0.2, 0.25) is 0 Å². The highest BCUT2D eigenvalue weighted by Gasteiger charge is 2.20. The van der Waals surface area contributed by atoms with Crippen molar-refractivity contribution in [2.75, 3.05) is 0 Å². The minimum atomic E-state index is -3.99. The summed E-state index contributed by atoms with van der Waals surface area (Å²) in [6.45, 7) is -7.20. The molecule has 1 rings (SSSR count). The fraction of sp³-hybridized carbons (Fsp3) is 1.00. The van der Waals surface area contributed by atoms with Crippen LogP contribution >= 0.6 is 0 Å². The molecule has 9 heavy (non-hydrogen) atoms. The van der Waals surface area contributed by atoms with Crippen molar-refractivity contribution in [3.63, 3.8) is 0 Å². The summed E-state index contributed by atoms with van der Waals surface area (Å²) in [5.74, 6) is 0. The lowest BCUT2D eigenvalue weighted by atomic mass is 9.98. The van der Waals surface area contributed by atoms with E-state index in [2.05, 4.69) is 0 Å². The van der Waals surface area contributed by atoms with Crippen LogP contribution in [-0.2, 0) is 0 Å². The van der Waals surface area contributed by atoms with Gasteiger partial charge in [0.25, 0.3) is 0 Å². The molecule has 0 saturated carbocycles. The normalized spacial score (nSPS) is 105. The van der Waals surface area contributed by atoms with Gasteiger partial charge in [0.05, 0.1) is 7.45 Å². The largest absolute Gasteiger partial charge is 0.393 e. The molecule has 0 aromatic rings. The molecular weight excluding hydrogens is 114 g/mol. The fourth-order valence-corrected chi connectivity index (χ4v) is 0.456. The molecule has 54 valence electrons. The van der Waals surface area contributed by atoms with Crippen LogP contribution in [0.25, 0.3) is 0 Å². The van der Waals surface area contributed by atoms with Crippen molar-refractivity contribution in [1.82, 2.24) is 5.32 Å². The minimum absolute atomic E-state index is 1.40. The summed E-state index contributed by atoms with van der Waals surface area (Å²) in [4.78, 5) is 0. The number of hydrogen-bond donors (Lipinski definition) is 2. The average Bonchev–Trinajstić information content (AvgIpc) is 2.23. The van der Waals surface area contributed by atoms with E-state index >= 15 is 0 Å². The molecule has 0 radical (unpaired) electrons. The molecule has 2 heteroatoms. The third-order valence-corrected chi connectivity index (χ3v) is 0.737. The van der Waals surface area contributed by atoms with E-state index in [4.69, 9.17) is 17.8 Å². The molecule has 2 nitrogen and oxygen atoms in total. The van der Waals surface area contributed by atoms with Crippen LogP contribution in [0.1, 0.15) is 44.3 Å². The molecule has 2 unspecified atom stereocenters. The van der Waals surface area contributed by atoms with Crippen LogP contribution in [0, 0.1) is 0 Å². The maximum Gasteiger partial charge on any atom is 0.0602 e. The van der Waals surface area contributed by atoms with Crippen LogP contribution in [0.4, 0.5) is 0 Å². The molecule has 0 aliphatic carbocycles. The smallest absolute Gasteiger partial charge is 0.0602 e. The zero-order chi connectivity index (χ0) is 18.2. The molecule has 0 aromatic carbocycles. The highest BCUT2D eigenvalue weighted by Crippen LogP contribution is 2.11. The quantitative estimate of drug-likeness (QED) is 0.516. The van der Waals surface area contributed by atoms with E-state index in [1.807, 2.05) is 0 Å². The molecule has 1 saturated heterocycles. The Kier molecular flexibility index (Phi) is 0.345. The Balaban J connectivity index is 3.79. The first-order valence-electron chi connectivity index (χ1n) is 8.72. The van der Waals surface area contributed by atoms with E-state index < -0.39 is 44.6 Å². The molecule has 1 aliphatic rings. The van der Waals surface area contributed by atoms with Gasteiger partial charge in [-0.2, -0.15) is 0 Å². The molecule has 0 spiro atoms. The summed E-state index contributed by atoms with van der Waals surface area (Å²) in [7, 11) is 0. The van der Waals surface area contributed by atoms with Crippen molar-refractivity contribution in [2.24, 2.45) is 0 Å². The van der Waals surface area contributed by atoms with Crippen LogP contribution in [0.2, 0.25) is 0 Å². The third-order valence-electron chi connectivity index (χ3n) is 0.737. The van der Waals surface area contributed by atoms with Gasteiger partial charge in [0, 0.05) is 28.5 Å². The Hall–Kier alpha value is -0.0800. The second kappa shape index (κ2) is 2.67. The van der Waals surface area contributed by atoms with Gasteiger partial charge in [-0.05, 0) is 26.4 Å². The molecule has 2 N–H and O–H groups in total. The molecule has 0 bridgehead atoms. The molecule has 1 fully saturated rings. The molecule has 0 amide bonds. The minimum Gasteiger partial charge on any atom is -0.393 e. The lowest BCUT2D eigenvalue weighted by Gasteiger charge is -2.29. The standard InChI is InChI=1S/C7H15NO/c1-5-3-7(9)4-6(2)8-5/h5-9H,3-4H2,1-2H3/i1D3,2D3,3D2,4D2,5D,6D,7D. The summed E-state index contributed by atoms with van der Waals surface area (Å²) in [6, 6.07) is -7.20. The van der Waals surface area contributed by atoms with Crippen LogP contribution in [0.15, 0.2) is 0 Å². The molecule has 0 aromatic heterocycles. The van der Waals surface area contributed by atoms with Gasteiger partial charge in [0.15, 0.2) is 0 Å². The predicted molar refractivity (Wildman–Crippen MR) is 37.3 cm³/mol. The fourth-order valence-electron chi connectivity index (χ4n) is 0.456. The lowest BCUT2D eigenvalue weighted by molar-refractivity contribution is 0.102. The SMILES string of the molecule is [2H]C([2H])([2H])C1([2H])NC([2H])(C([2H])([2H])[2H])C([2H])([2H])C([2H])(O)C1([2H])[2H]. The van der Waals surface area contributed by atoms with Gasteiger partial charge >= 0.3 is 0 Å². The zero-order valence-corrected chi connectivity index (χ0v) is 4.45. The Labute approximate surface area is 74.5 Å². The van der Waals surface area contributed by atoms with E-state index in [1.165, 1.54) is 5.32 Å². The average molecular weight is 142 g/mol. The molecule has 2 atom stereocenters. The van der Waals surface area contributed by atoms with Gasteiger partial charge in [-0.1, -0.05) is 0 Å². The zero-order valence-electron chi connectivity index (χ0n) is 17.4. The van der Waals surface area contributed by atoms with E-state index in [0.717, 1.165) is 0 Å².